The van der Waals surface area contributed by atoms with Crippen LogP contribution in [0.3, 0.4) is 0 Å². The molecule has 0 aromatic heterocycles. The molecule has 1 unspecified atom stereocenters. The monoisotopic (exact) mass is 311 g/mol. The van der Waals surface area contributed by atoms with Crippen LogP contribution < -0.4 is 10.6 Å². The summed E-state index contributed by atoms with van der Waals surface area (Å²) >= 11 is 0. The van der Waals surface area contributed by atoms with Crippen molar-refractivity contribution >= 4 is 5.96 Å². The molecule has 130 valence electrons. The van der Waals surface area contributed by atoms with Gasteiger partial charge in [-0.25, -0.2) is 0 Å². The zero-order chi connectivity index (χ0) is 16.0. The summed E-state index contributed by atoms with van der Waals surface area (Å²) in [5.41, 5.74) is 0. The van der Waals surface area contributed by atoms with Crippen LogP contribution in [-0.4, -0.2) is 37.8 Å². The van der Waals surface area contributed by atoms with Gasteiger partial charge in [-0.2, -0.15) is 0 Å². The molecule has 0 aliphatic heterocycles. The van der Waals surface area contributed by atoms with Crippen molar-refractivity contribution in [1.29, 1.82) is 0 Å². The van der Waals surface area contributed by atoms with Crippen molar-refractivity contribution in [2.24, 2.45) is 4.99 Å². The van der Waals surface area contributed by atoms with Crippen molar-refractivity contribution in [3.8, 4) is 0 Å². The average molecular weight is 312 g/mol. The Hall–Kier alpha value is -0.770. The van der Waals surface area contributed by atoms with Gasteiger partial charge in [0.1, 0.15) is 0 Å². The van der Waals surface area contributed by atoms with Gasteiger partial charge in [-0.15, -0.1) is 0 Å². The summed E-state index contributed by atoms with van der Waals surface area (Å²) in [7, 11) is 0. The SMILES string of the molecule is CCNC(=NCCCCCOC1CCCCC1)NC(C)CC. The summed E-state index contributed by atoms with van der Waals surface area (Å²) in [5, 5.41) is 6.73. The molecule has 0 heterocycles. The summed E-state index contributed by atoms with van der Waals surface area (Å²) in [6.07, 6.45) is 11.8. The van der Waals surface area contributed by atoms with Crippen LogP contribution in [0.1, 0.15) is 78.6 Å². The lowest BCUT2D eigenvalue weighted by Crippen LogP contribution is -2.42. The van der Waals surface area contributed by atoms with Crippen LogP contribution in [0.5, 0.6) is 0 Å². The zero-order valence-corrected chi connectivity index (χ0v) is 15.0. The molecule has 4 nitrogen and oxygen atoms in total. The van der Waals surface area contributed by atoms with E-state index in [1.54, 1.807) is 0 Å². The van der Waals surface area contributed by atoms with Gasteiger partial charge in [0.15, 0.2) is 5.96 Å². The van der Waals surface area contributed by atoms with Crippen molar-refractivity contribution < 1.29 is 4.74 Å². The summed E-state index contributed by atoms with van der Waals surface area (Å²) < 4.78 is 5.96. The molecule has 4 heteroatoms. The molecule has 0 amide bonds. The molecule has 0 bridgehead atoms. The lowest BCUT2D eigenvalue weighted by molar-refractivity contribution is 0.0264. The number of ether oxygens (including phenoxy) is 1. The fourth-order valence-corrected chi connectivity index (χ4v) is 2.72. The van der Waals surface area contributed by atoms with Gasteiger partial charge in [0.2, 0.25) is 0 Å². The van der Waals surface area contributed by atoms with E-state index in [9.17, 15) is 0 Å². The van der Waals surface area contributed by atoms with E-state index in [2.05, 4.69) is 36.4 Å². The Morgan fingerprint density at radius 3 is 2.59 bits per heavy atom. The van der Waals surface area contributed by atoms with E-state index in [1.807, 2.05) is 0 Å². The molecule has 0 aromatic rings. The number of guanidine groups is 1. The molecule has 2 N–H and O–H groups in total. The Balaban J connectivity index is 2.04. The maximum Gasteiger partial charge on any atom is 0.191 e. The highest BCUT2D eigenvalue weighted by molar-refractivity contribution is 5.79. The van der Waals surface area contributed by atoms with E-state index >= 15 is 0 Å². The van der Waals surface area contributed by atoms with Crippen molar-refractivity contribution in [2.45, 2.75) is 90.7 Å². The average Bonchev–Trinajstić information content (AvgIpc) is 2.54. The number of aliphatic imine (C=N–C) groups is 1. The molecule has 1 atom stereocenters. The van der Waals surface area contributed by atoms with Gasteiger partial charge in [0.05, 0.1) is 6.10 Å². The van der Waals surface area contributed by atoms with Crippen LogP contribution in [0, 0.1) is 0 Å². The number of hydrogen-bond donors (Lipinski definition) is 2. The molecule has 1 fully saturated rings. The van der Waals surface area contributed by atoms with E-state index in [0.717, 1.165) is 38.5 Å². The van der Waals surface area contributed by atoms with Crippen LogP contribution in [0.25, 0.3) is 0 Å². The fraction of sp³-hybridized carbons (Fsp3) is 0.944. The van der Waals surface area contributed by atoms with Gasteiger partial charge in [0.25, 0.3) is 0 Å². The quantitative estimate of drug-likeness (QED) is 0.366. The predicted octanol–water partition coefficient (Wildman–Crippen LogP) is 3.86. The standard InChI is InChI=1S/C18H37N3O/c1-4-16(3)21-18(19-5-2)20-14-10-7-11-15-22-17-12-8-6-9-13-17/h16-17H,4-15H2,1-3H3,(H2,19,20,21). The summed E-state index contributed by atoms with van der Waals surface area (Å²) in [6, 6.07) is 0.474. The Labute approximate surface area is 137 Å². The molecule has 1 rings (SSSR count). The Morgan fingerprint density at radius 1 is 1.14 bits per heavy atom. The Kier molecular flexibility index (Phi) is 11.2. The maximum absolute atomic E-state index is 5.96. The second-order valence-electron chi connectivity index (χ2n) is 6.41. The van der Waals surface area contributed by atoms with Gasteiger partial charge in [0, 0.05) is 25.7 Å². The van der Waals surface area contributed by atoms with Crippen LogP contribution in [0.15, 0.2) is 4.99 Å². The Morgan fingerprint density at radius 2 is 1.91 bits per heavy atom. The minimum Gasteiger partial charge on any atom is -0.378 e. The van der Waals surface area contributed by atoms with Gasteiger partial charge in [-0.3, -0.25) is 4.99 Å². The van der Waals surface area contributed by atoms with E-state index < -0.39 is 0 Å². The predicted molar refractivity (Wildman–Crippen MR) is 95.5 cm³/mol. The number of nitrogens with one attached hydrogen (secondary N) is 2. The Bertz CT molecular complexity index is 288. The maximum atomic E-state index is 5.96. The highest BCUT2D eigenvalue weighted by Crippen LogP contribution is 2.20. The van der Waals surface area contributed by atoms with Crippen molar-refractivity contribution in [3.63, 3.8) is 0 Å². The second-order valence-corrected chi connectivity index (χ2v) is 6.41. The van der Waals surface area contributed by atoms with Gasteiger partial charge in [-0.1, -0.05) is 26.2 Å². The van der Waals surface area contributed by atoms with Gasteiger partial charge in [-0.05, 0) is 52.4 Å². The van der Waals surface area contributed by atoms with Crippen molar-refractivity contribution in [1.82, 2.24) is 10.6 Å². The third kappa shape index (κ3) is 9.29. The molecular formula is C18H37N3O. The summed E-state index contributed by atoms with van der Waals surface area (Å²) in [4.78, 5) is 4.64. The van der Waals surface area contributed by atoms with Gasteiger partial charge >= 0.3 is 0 Å². The minimum absolute atomic E-state index is 0.474. The first-order valence-corrected chi connectivity index (χ1v) is 9.42. The first-order valence-electron chi connectivity index (χ1n) is 9.42. The molecule has 1 aliphatic carbocycles. The first kappa shape index (κ1) is 19.3. The lowest BCUT2D eigenvalue weighted by atomic mass is 9.98. The highest BCUT2D eigenvalue weighted by Gasteiger charge is 2.12. The first-order chi connectivity index (χ1) is 10.8. The molecule has 22 heavy (non-hydrogen) atoms. The van der Waals surface area contributed by atoms with E-state index in [-0.39, 0.29) is 0 Å². The number of nitrogens with zero attached hydrogens (tertiary/aromatic N) is 1. The zero-order valence-electron chi connectivity index (χ0n) is 15.0. The molecular weight excluding hydrogens is 274 g/mol. The number of unbranched alkanes of at least 4 members (excludes halogenated alkanes) is 2. The smallest absolute Gasteiger partial charge is 0.191 e. The molecule has 1 aliphatic rings. The molecule has 0 radical (unpaired) electrons. The normalized spacial score (nSPS) is 18.2. The largest absolute Gasteiger partial charge is 0.378 e. The third-order valence-electron chi connectivity index (χ3n) is 4.32. The van der Waals surface area contributed by atoms with E-state index in [4.69, 9.17) is 4.74 Å². The molecule has 0 spiro atoms. The topological polar surface area (TPSA) is 45.7 Å². The molecule has 0 saturated heterocycles. The van der Waals surface area contributed by atoms with Crippen LogP contribution >= 0.6 is 0 Å². The summed E-state index contributed by atoms with van der Waals surface area (Å²) in [6.45, 7) is 9.23. The van der Waals surface area contributed by atoms with Crippen molar-refractivity contribution in [2.75, 3.05) is 19.7 Å². The van der Waals surface area contributed by atoms with Crippen LogP contribution in [0.4, 0.5) is 0 Å². The minimum atomic E-state index is 0.474. The molecule has 1 saturated carbocycles. The van der Waals surface area contributed by atoms with Crippen molar-refractivity contribution in [3.05, 3.63) is 0 Å². The van der Waals surface area contributed by atoms with E-state index in [1.165, 1.54) is 44.9 Å². The van der Waals surface area contributed by atoms with Crippen LogP contribution in [-0.2, 0) is 4.74 Å². The van der Waals surface area contributed by atoms with Gasteiger partial charge < -0.3 is 15.4 Å². The molecule has 0 aromatic carbocycles. The number of hydrogen-bond acceptors (Lipinski definition) is 2. The summed E-state index contributed by atoms with van der Waals surface area (Å²) in [5.74, 6) is 0.954. The highest BCUT2D eigenvalue weighted by atomic mass is 16.5. The fourth-order valence-electron chi connectivity index (χ4n) is 2.72. The van der Waals surface area contributed by atoms with E-state index in [0.29, 0.717) is 12.1 Å². The third-order valence-corrected chi connectivity index (χ3v) is 4.32. The lowest BCUT2D eigenvalue weighted by Gasteiger charge is -2.21. The number of rotatable bonds is 10. The van der Waals surface area contributed by atoms with Crippen LogP contribution in [0.2, 0.25) is 0 Å². The second kappa shape index (κ2) is 12.7.